The fraction of sp³-hybridized carbons (Fsp3) is 0.125. The second-order valence-electron chi connectivity index (χ2n) is 4.77. The van der Waals surface area contributed by atoms with Gasteiger partial charge in [0, 0.05) is 27.5 Å². The molecule has 0 spiro atoms. The van der Waals surface area contributed by atoms with Crippen molar-refractivity contribution in [3.05, 3.63) is 69.2 Å². The number of hydrogen-bond acceptors (Lipinski definition) is 3. The predicted molar refractivity (Wildman–Crippen MR) is 88.5 cm³/mol. The van der Waals surface area contributed by atoms with E-state index in [1.807, 2.05) is 42.5 Å². The zero-order chi connectivity index (χ0) is 15.7. The molecular weight excluding hydrogens is 368 g/mol. The number of hydrogen-bond donors (Lipinski definition) is 0. The second kappa shape index (κ2) is 6.10. The average Bonchev–Trinajstić information content (AvgIpc) is 2.93. The average molecular weight is 380 g/mol. The Kier molecular flexibility index (Phi) is 4.18. The topological polar surface area (TPSA) is 41.9 Å². The van der Waals surface area contributed by atoms with Crippen LogP contribution in [-0.4, -0.2) is 16.8 Å². The minimum absolute atomic E-state index is 0.211. The first-order valence-corrected chi connectivity index (χ1v) is 7.79. The van der Waals surface area contributed by atoms with Gasteiger partial charge < -0.3 is 4.74 Å². The maximum absolute atomic E-state index is 11.9. The first-order valence-electron chi connectivity index (χ1n) is 6.61. The molecule has 0 aliphatic carbocycles. The number of carbonyl (C=O) groups is 1. The molecule has 0 saturated heterocycles. The third-order valence-electron chi connectivity index (χ3n) is 3.23. The van der Waals surface area contributed by atoms with Gasteiger partial charge in [-0.2, -0.15) is 5.01 Å². The third kappa shape index (κ3) is 2.87. The zero-order valence-corrected chi connectivity index (χ0v) is 14.0. The van der Waals surface area contributed by atoms with Crippen molar-refractivity contribution in [1.29, 1.82) is 0 Å². The molecule has 112 valence electrons. The second-order valence-corrected chi connectivity index (χ2v) is 6.09. The Bertz CT molecular complexity index is 746. The van der Waals surface area contributed by atoms with Crippen LogP contribution in [0.25, 0.3) is 0 Å². The molecule has 1 amide bonds. The van der Waals surface area contributed by atoms with E-state index < -0.39 is 6.23 Å². The van der Waals surface area contributed by atoms with Crippen molar-refractivity contribution >= 4 is 39.3 Å². The maximum atomic E-state index is 11.9. The van der Waals surface area contributed by atoms with Crippen LogP contribution in [0.15, 0.2) is 58.1 Å². The zero-order valence-electron chi connectivity index (χ0n) is 11.7. The molecule has 1 atom stereocenters. The van der Waals surface area contributed by atoms with Crippen molar-refractivity contribution in [2.24, 2.45) is 5.10 Å². The summed E-state index contributed by atoms with van der Waals surface area (Å²) in [5.41, 5.74) is 1.50. The molecule has 0 fully saturated rings. The van der Waals surface area contributed by atoms with Gasteiger partial charge in [0.25, 0.3) is 0 Å². The highest BCUT2D eigenvalue weighted by Crippen LogP contribution is 2.34. The van der Waals surface area contributed by atoms with Gasteiger partial charge in [0.2, 0.25) is 18.0 Å². The van der Waals surface area contributed by atoms with Gasteiger partial charge in [-0.25, -0.2) is 0 Å². The summed E-state index contributed by atoms with van der Waals surface area (Å²) in [6.45, 7) is 1.45. The van der Waals surface area contributed by atoms with Gasteiger partial charge in [0.1, 0.15) is 0 Å². The minimum atomic E-state index is -0.648. The quantitative estimate of drug-likeness (QED) is 0.779. The first kappa shape index (κ1) is 15.1. The molecule has 2 aromatic rings. The molecule has 1 aliphatic heterocycles. The highest BCUT2D eigenvalue weighted by molar-refractivity contribution is 9.10. The molecule has 3 rings (SSSR count). The summed E-state index contributed by atoms with van der Waals surface area (Å²) >= 11 is 9.60. The molecule has 1 aliphatic rings. The summed E-state index contributed by atoms with van der Waals surface area (Å²) in [5.74, 6) is 0.185. The summed E-state index contributed by atoms with van der Waals surface area (Å²) in [6.07, 6.45) is -0.648. The molecule has 4 nitrogen and oxygen atoms in total. The number of hydrazone groups is 1. The fourth-order valence-corrected chi connectivity index (χ4v) is 2.65. The fourth-order valence-electron chi connectivity index (χ4n) is 2.15. The first-order chi connectivity index (χ1) is 10.6. The Morgan fingerprint density at radius 3 is 2.55 bits per heavy atom. The maximum Gasteiger partial charge on any atom is 0.243 e. The predicted octanol–water partition coefficient (Wildman–Crippen LogP) is 4.34. The van der Waals surface area contributed by atoms with E-state index in [0.717, 1.165) is 10.0 Å². The normalized spacial score (nSPS) is 17.1. The molecular formula is C16H12BrClN2O2. The molecule has 0 unspecified atom stereocenters. The molecule has 0 saturated carbocycles. The Labute approximate surface area is 141 Å². The van der Waals surface area contributed by atoms with Crippen LogP contribution in [0.1, 0.15) is 24.3 Å². The van der Waals surface area contributed by atoms with Gasteiger partial charge in [0.15, 0.2) is 0 Å². The van der Waals surface area contributed by atoms with Crippen molar-refractivity contribution < 1.29 is 9.53 Å². The van der Waals surface area contributed by atoms with Crippen LogP contribution in [-0.2, 0) is 9.53 Å². The SMILES string of the molecule is CC(=O)N1N=C(c2ccc(Br)cc2)O[C@H]1c1ccccc1Cl. The number of benzene rings is 2. The lowest BCUT2D eigenvalue weighted by Crippen LogP contribution is -2.25. The molecule has 0 bridgehead atoms. The van der Waals surface area contributed by atoms with Gasteiger partial charge >= 0.3 is 0 Å². The molecule has 22 heavy (non-hydrogen) atoms. The standard InChI is InChI=1S/C16H12BrClN2O2/c1-10(21)20-16(13-4-2-3-5-14(13)18)22-15(19-20)11-6-8-12(17)9-7-11/h2-9,16H,1H3/t16-/m0/s1. The lowest BCUT2D eigenvalue weighted by atomic mass is 10.2. The van der Waals surface area contributed by atoms with Gasteiger partial charge in [-0.1, -0.05) is 45.7 Å². The number of nitrogens with zero attached hydrogens (tertiary/aromatic N) is 2. The number of rotatable bonds is 2. The lowest BCUT2D eigenvalue weighted by Gasteiger charge is -2.20. The largest absolute Gasteiger partial charge is 0.446 e. The van der Waals surface area contributed by atoms with Gasteiger partial charge in [-0.05, 0) is 30.3 Å². The van der Waals surface area contributed by atoms with E-state index in [4.69, 9.17) is 16.3 Å². The number of carbonyl (C=O) groups excluding carboxylic acids is 1. The van der Waals surface area contributed by atoms with Crippen molar-refractivity contribution in [3.63, 3.8) is 0 Å². The monoisotopic (exact) mass is 378 g/mol. The molecule has 1 heterocycles. The highest BCUT2D eigenvalue weighted by Gasteiger charge is 2.34. The molecule has 6 heteroatoms. The van der Waals surface area contributed by atoms with Crippen molar-refractivity contribution in [1.82, 2.24) is 5.01 Å². The van der Waals surface area contributed by atoms with Crippen LogP contribution in [0.3, 0.4) is 0 Å². The summed E-state index contributed by atoms with van der Waals surface area (Å²) < 4.78 is 6.84. The summed E-state index contributed by atoms with van der Waals surface area (Å²) in [4.78, 5) is 11.9. The third-order valence-corrected chi connectivity index (χ3v) is 4.10. The molecule has 0 radical (unpaired) electrons. The van der Waals surface area contributed by atoms with Gasteiger partial charge in [-0.3, -0.25) is 4.79 Å². The van der Waals surface area contributed by atoms with Crippen LogP contribution in [0.2, 0.25) is 5.02 Å². The van der Waals surface area contributed by atoms with Crippen LogP contribution in [0.5, 0.6) is 0 Å². The van der Waals surface area contributed by atoms with E-state index in [0.29, 0.717) is 16.5 Å². The van der Waals surface area contributed by atoms with Crippen LogP contribution < -0.4 is 0 Å². The molecule has 2 aromatic carbocycles. The van der Waals surface area contributed by atoms with E-state index in [1.54, 1.807) is 6.07 Å². The van der Waals surface area contributed by atoms with E-state index in [9.17, 15) is 4.79 Å². The van der Waals surface area contributed by atoms with Crippen molar-refractivity contribution in [3.8, 4) is 0 Å². The summed E-state index contributed by atoms with van der Waals surface area (Å²) in [6, 6.07) is 14.8. The van der Waals surface area contributed by atoms with E-state index >= 15 is 0 Å². The van der Waals surface area contributed by atoms with Crippen molar-refractivity contribution in [2.75, 3.05) is 0 Å². The molecule has 0 aromatic heterocycles. The number of halogens is 2. The van der Waals surface area contributed by atoms with E-state index in [2.05, 4.69) is 21.0 Å². The van der Waals surface area contributed by atoms with Gasteiger partial charge in [0.05, 0.1) is 0 Å². The van der Waals surface area contributed by atoms with Crippen LogP contribution in [0, 0.1) is 0 Å². The van der Waals surface area contributed by atoms with Gasteiger partial charge in [-0.15, -0.1) is 5.10 Å². The Morgan fingerprint density at radius 1 is 1.23 bits per heavy atom. The smallest absolute Gasteiger partial charge is 0.243 e. The highest BCUT2D eigenvalue weighted by atomic mass is 79.9. The van der Waals surface area contributed by atoms with Crippen LogP contribution >= 0.6 is 27.5 Å². The minimum Gasteiger partial charge on any atom is -0.446 e. The van der Waals surface area contributed by atoms with Crippen molar-refractivity contribution in [2.45, 2.75) is 13.2 Å². The Morgan fingerprint density at radius 2 is 1.91 bits per heavy atom. The number of ether oxygens (including phenoxy) is 1. The Balaban J connectivity index is 1.96. The van der Waals surface area contributed by atoms with E-state index in [-0.39, 0.29) is 5.91 Å². The Hall–Kier alpha value is -1.85. The lowest BCUT2D eigenvalue weighted by molar-refractivity contribution is -0.135. The van der Waals surface area contributed by atoms with Crippen LogP contribution in [0.4, 0.5) is 0 Å². The summed E-state index contributed by atoms with van der Waals surface area (Å²) in [5, 5.41) is 6.13. The molecule has 0 N–H and O–H groups in total. The van der Waals surface area contributed by atoms with E-state index in [1.165, 1.54) is 11.9 Å². The number of amides is 1. The summed E-state index contributed by atoms with van der Waals surface area (Å²) in [7, 11) is 0.